The Morgan fingerprint density at radius 3 is 2.50 bits per heavy atom. The van der Waals surface area contributed by atoms with Crippen LogP contribution >= 0.6 is 40.2 Å². The average molecular weight is 604 g/mol. The van der Waals surface area contributed by atoms with E-state index in [1.54, 1.807) is 29.2 Å². The lowest BCUT2D eigenvalue weighted by Gasteiger charge is -2.30. The van der Waals surface area contributed by atoms with Crippen LogP contribution in [0.5, 0.6) is 5.75 Å². The first-order valence-corrected chi connectivity index (χ1v) is 12.3. The van der Waals surface area contributed by atoms with Crippen LogP contribution in [-0.4, -0.2) is 59.6 Å². The van der Waals surface area contributed by atoms with Crippen molar-refractivity contribution in [3.63, 3.8) is 0 Å². The summed E-state index contributed by atoms with van der Waals surface area (Å²) in [4.78, 5) is 27.1. The summed E-state index contributed by atoms with van der Waals surface area (Å²) >= 11 is 12.1. The van der Waals surface area contributed by atoms with Gasteiger partial charge in [0.2, 0.25) is 5.91 Å². The predicted molar refractivity (Wildman–Crippen MR) is 148 cm³/mol. The number of benzene rings is 2. The summed E-state index contributed by atoms with van der Waals surface area (Å²) < 4.78 is 5.55. The van der Waals surface area contributed by atoms with E-state index in [1.807, 2.05) is 32.0 Å². The van der Waals surface area contributed by atoms with Crippen molar-refractivity contribution >= 4 is 57.7 Å². The Morgan fingerprint density at radius 1 is 1.22 bits per heavy atom. The highest BCUT2D eigenvalue weighted by atomic mass is 79.9. The van der Waals surface area contributed by atoms with Crippen LogP contribution in [0.25, 0.3) is 0 Å². The normalized spacial score (nSPS) is 16.2. The zero-order valence-electron chi connectivity index (χ0n) is 20.3. The van der Waals surface area contributed by atoms with Gasteiger partial charge in [-0.2, -0.15) is 0 Å². The molecular weight excluding hydrogens is 571 g/mol. The van der Waals surface area contributed by atoms with Gasteiger partial charge < -0.3 is 31.1 Å². The van der Waals surface area contributed by atoms with Gasteiger partial charge in [-0.05, 0) is 56.5 Å². The number of para-hydroxylation sites is 1. The molecule has 36 heavy (non-hydrogen) atoms. The standard InChI is InChI=1S/C25H32Cl2N4O4.BrH/c1-25(2,30-13-21(32)16-11-18(26)23(28)19(27)12-16)15-29-24(34)20-9-6-10-31(20)22(33)14-35-17-7-4-3-5-8-17;/h3-5,7-8,11-12,20-21,30,32H,6,9-10,13-15,28H2,1-2H3,(H,29,34);1H/t20-,21?;/m0./s1. The number of aliphatic hydroxyl groups is 1. The third-order valence-electron chi connectivity index (χ3n) is 5.95. The smallest absolute Gasteiger partial charge is 0.261 e. The van der Waals surface area contributed by atoms with Crippen molar-refractivity contribution in [2.75, 3.05) is 32.0 Å². The largest absolute Gasteiger partial charge is 0.484 e. The van der Waals surface area contributed by atoms with Gasteiger partial charge in [-0.1, -0.05) is 41.4 Å². The molecule has 1 unspecified atom stereocenters. The highest BCUT2D eigenvalue weighted by Gasteiger charge is 2.34. The summed E-state index contributed by atoms with van der Waals surface area (Å²) in [5.41, 5.74) is 6.04. The van der Waals surface area contributed by atoms with E-state index >= 15 is 0 Å². The van der Waals surface area contributed by atoms with Gasteiger partial charge in [-0.15, -0.1) is 17.0 Å². The second-order valence-corrected chi connectivity index (χ2v) is 10.1. The molecule has 1 fully saturated rings. The van der Waals surface area contributed by atoms with Crippen molar-refractivity contribution in [3.8, 4) is 5.75 Å². The molecule has 5 N–H and O–H groups in total. The number of nitrogens with one attached hydrogen (secondary N) is 2. The van der Waals surface area contributed by atoms with Crippen molar-refractivity contribution in [3.05, 3.63) is 58.1 Å². The predicted octanol–water partition coefficient (Wildman–Crippen LogP) is 3.74. The number of nitrogens with zero attached hydrogens (tertiary/aromatic N) is 1. The Morgan fingerprint density at radius 2 is 1.86 bits per heavy atom. The number of β-amino-alcohol motifs (C(OH)–C–C–N with tert-alkyl or cyclic N) is 1. The number of amides is 2. The molecule has 1 aliphatic rings. The molecule has 0 radical (unpaired) electrons. The molecule has 0 aromatic heterocycles. The first-order chi connectivity index (χ1) is 16.6. The average Bonchev–Trinajstić information content (AvgIpc) is 3.33. The lowest BCUT2D eigenvalue weighted by atomic mass is 10.0. The molecule has 1 heterocycles. The van der Waals surface area contributed by atoms with Gasteiger partial charge >= 0.3 is 0 Å². The Balaban J connectivity index is 0.00000456. The zero-order chi connectivity index (χ0) is 25.6. The molecule has 2 aromatic rings. The van der Waals surface area contributed by atoms with Crippen LogP contribution in [0, 0.1) is 0 Å². The quantitative estimate of drug-likeness (QED) is 0.307. The molecule has 8 nitrogen and oxygen atoms in total. The summed E-state index contributed by atoms with van der Waals surface area (Å²) in [6, 6.07) is 11.7. The minimum Gasteiger partial charge on any atom is -0.484 e. The summed E-state index contributed by atoms with van der Waals surface area (Å²) in [6.45, 7) is 4.75. The second kappa shape index (κ2) is 13.5. The third-order valence-corrected chi connectivity index (χ3v) is 6.57. The molecule has 0 aliphatic carbocycles. The van der Waals surface area contributed by atoms with Gasteiger partial charge in [0.25, 0.3) is 5.91 Å². The molecule has 198 valence electrons. The van der Waals surface area contributed by atoms with Crippen LogP contribution < -0.4 is 21.1 Å². The SMILES string of the molecule is Br.CC(C)(CNC(=O)[C@@H]1CCCN1C(=O)COc1ccccc1)NCC(O)c1cc(Cl)c(N)c(Cl)c1. The van der Waals surface area contributed by atoms with E-state index in [9.17, 15) is 14.7 Å². The Labute approximate surface area is 232 Å². The van der Waals surface area contributed by atoms with Crippen molar-refractivity contribution < 1.29 is 19.4 Å². The molecule has 0 spiro atoms. The molecule has 3 rings (SSSR count). The lowest BCUT2D eigenvalue weighted by molar-refractivity contribution is -0.140. The number of aliphatic hydroxyl groups excluding tert-OH is 1. The fourth-order valence-corrected chi connectivity index (χ4v) is 4.36. The Kier molecular flexibility index (Phi) is 11.3. The van der Waals surface area contributed by atoms with Crippen molar-refractivity contribution in [2.45, 2.75) is 44.4 Å². The number of anilines is 1. The molecule has 11 heteroatoms. The van der Waals surface area contributed by atoms with Crippen LogP contribution in [0.2, 0.25) is 10.0 Å². The Bertz CT molecular complexity index is 1020. The maximum Gasteiger partial charge on any atom is 0.261 e. The number of ether oxygens (including phenoxy) is 1. The van der Waals surface area contributed by atoms with Crippen LogP contribution in [0.1, 0.15) is 38.4 Å². The fourth-order valence-electron chi connectivity index (χ4n) is 3.86. The topological polar surface area (TPSA) is 117 Å². The maximum absolute atomic E-state index is 12.9. The van der Waals surface area contributed by atoms with E-state index in [0.717, 1.165) is 6.42 Å². The Hall–Kier alpha value is -2.04. The number of carbonyl (C=O) groups is 2. The first kappa shape index (κ1) is 30.2. The summed E-state index contributed by atoms with van der Waals surface area (Å²) in [6.07, 6.45) is 0.497. The van der Waals surface area contributed by atoms with Crippen molar-refractivity contribution in [1.29, 1.82) is 0 Å². The number of nitrogens with two attached hydrogens (primary N) is 1. The van der Waals surface area contributed by atoms with E-state index in [0.29, 0.717) is 30.8 Å². The van der Waals surface area contributed by atoms with Crippen LogP contribution in [0.3, 0.4) is 0 Å². The molecule has 0 bridgehead atoms. The fraction of sp³-hybridized carbons (Fsp3) is 0.440. The van der Waals surface area contributed by atoms with E-state index in [2.05, 4.69) is 10.6 Å². The zero-order valence-corrected chi connectivity index (χ0v) is 23.5. The molecule has 2 amide bonds. The number of carbonyl (C=O) groups excluding carboxylic acids is 2. The third kappa shape index (κ3) is 8.24. The van der Waals surface area contributed by atoms with Crippen molar-refractivity contribution in [1.82, 2.24) is 15.5 Å². The minimum atomic E-state index is -0.867. The summed E-state index contributed by atoms with van der Waals surface area (Å²) in [5, 5.41) is 17.3. The lowest BCUT2D eigenvalue weighted by Crippen LogP contribution is -2.54. The van der Waals surface area contributed by atoms with Gasteiger partial charge in [-0.3, -0.25) is 9.59 Å². The monoisotopic (exact) mass is 602 g/mol. The van der Waals surface area contributed by atoms with E-state index in [-0.39, 0.29) is 57.7 Å². The number of likely N-dealkylation sites (tertiary alicyclic amines) is 1. The highest BCUT2D eigenvalue weighted by molar-refractivity contribution is 8.93. The molecular formula is C25H33BrCl2N4O4. The summed E-state index contributed by atoms with van der Waals surface area (Å²) in [7, 11) is 0. The van der Waals surface area contributed by atoms with Gasteiger partial charge in [0.1, 0.15) is 11.8 Å². The first-order valence-electron chi connectivity index (χ1n) is 11.5. The van der Waals surface area contributed by atoms with Crippen LogP contribution in [0.15, 0.2) is 42.5 Å². The molecule has 0 saturated carbocycles. The van der Waals surface area contributed by atoms with Crippen molar-refractivity contribution in [2.24, 2.45) is 0 Å². The summed E-state index contributed by atoms with van der Waals surface area (Å²) in [5.74, 6) is 0.190. The number of rotatable bonds is 10. The van der Waals surface area contributed by atoms with Gasteiger partial charge in [-0.25, -0.2) is 0 Å². The van der Waals surface area contributed by atoms with Gasteiger partial charge in [0.15, 0.2) is 6.61 Å². The maximum atomic E-state index is 12.9. The van der Waals surface area contributed by atoms with Crippen LogP contribution in [0.4, 0.5) is 5.69 Å². The minimum absolute atomic E-state index is 0. The molecule has 2 atom stereocenters. The van der Waals surface area contributed by atoms with Gasteiger partial charge in [0.05, 0.1) is 21.8 Å². The molecule has 1 saturated heterocycles. The van der Waals surface area contributed by atoms with Crippen LogP contribution in [-0.2, 0) is 9.59 Å². The number of hydrogen-bond acceptors (Lipinski definition) is 6. The number of hydrogen-bond donors (Lipinski definition) is 4. The highest BCUT2D eigenvalue weighted by Crippen LogP contribution is 2.31. The van der Waals surface area contributed by atoms with E-state index in [4.69, 9.17) is 33.7 Å². The molecule has 2 aromatic carbocycles. The van der Waals surface area contributed by atoms with E-state index < -0.39 is 17.7 Å². The number of nitrogen functional groups attached to an aromatic ring is 1. The molecule has 1 aliphatic heterocycles. The number of halogens is 3. The van der Waals surface area contributed by atoms with Gasteiger partial charge in [0, 0.05) is 25.2 Å². The van der Waals surface area contributed by atoms with E-state index in [1.165, 1.54) is 0 Å². The second-order valence-electron chi connectivity index (χ2n) is 9.24.